The maximum absolute atomic E-state index is 13.5. The van der Waals surface area contributed by atoms with Gasteiger partial charge in [-0.25, -0.2) is 0 Å². The number of phenolic OH excluding ortho intramolecular Hbond substituents is 1. The van der Waals surface area contributed by atoms with E-state index in [1.54, 1.807) is 35.4 Å². The Labute approximate surface area is 195 Å². The van der Waals surface area contributed by atoms with Crippen LogP contribution in [0.4, 0.5) is 0 Å². The van der Waals surface area contributed by atoms with Crippen molar-refractivity contribution in [2.75, 3.05) is 21.3 Å². The summed E-state index contributed by atoms with van der Waals surface area (Å²) in [5, 5.41) is 17.8. The van der Waals surface area contributed by atoms with Crippen LogP contribution in [0.15, 0.2) is 59.2 Å². The van der Waals surface area contributed by atoms with Crippen molar-refractivity contribution in [2.45, 2.75) is 12.6 Å². The van der Waals surface area contributed by atoms with Crippen LogP contribution < -0.4 is 14.2 Å². The molecule has 2 aromatic carbocycles. The van der Waals surface area contributed by atoms with E-state index in [1.807, 2.05) is 24.3 Å². The number of H-pyrrole nitrogens is 1. The molecule has 9 heteroatoms. The van der Waals surface area contributed by atoms with Crippen molar-refractivity contribution in [1.82, 2.24) is 15.1 Å². The number of aromatic hydroxyl groups is 1. The molecule has 9 nitrogen and oxygen atoms in total. The number of benzene rings is 2. The quantitative estimate of drug-likeness (QED) is 0.425. The first-order valence-corrected chi connectivity index (χ1v) is 10.6. The van der Waals surface area contributed by atoms with Crippen LogP contribution in [0.3, 0.4) is 0 Å². The number of ether oxygens (including phenoxy) is 3. The maximum Gasteiger partial charge on any atom is 0.273 e. The number of nitrogens with zero attached hydrogens (tertiary/aromatic N) is 2. The Hall–Kier alpha value is -4.40. The van der Waals surface area contributed by atoms with Gasteiger partial charge in [-0.1, -0.05) is 12.1 Å². The van der Waals surface area contributed by atoms with Gasteiger partial charge < -0.3 is 28.6 Å². The van der Waals surface area contributed by atoms with Gasteiger partial charge in [-0.2, -0.15) is 5.10 Å². The summed E-state index contributed by atoms with van der Waals surface area (Å²) in [6, 6.07) is 13.5. The van der Waals surface area contributed by atoms with E-state index in [0.717, 1.165) is 5.56 Å². The van der Waals surface area contributed by atoms with Crippen molar-refractivity contribution in [1.29, 1.82) is 0 Å². The number of amides is 1. The Kier molecular flexibility index (Phi) is 5.37. The minimum Gasteiger partial charge on any atom is -0.507 e. The molecule has 1 aliphatic heterocycles. The molecule has 1 aliphatic rings. The first-order chi connectivity index (χ1) is 16.6. The van der Waals surface area contributed by atoms with Crippen LogP contribution in [0.2, 0.25) is 0 Å². The van der Waals surface area contributed by atoms with Crippen LogP contribution in [0.5, 0.6) is 23.0 Å². The first kappa shape index (κ1) is 21.4. The number of methoxy groups -OCH3 is 3. The van der Waals surface area contributed by atoms with Gasteiger partial charge in [0, 0.05) is 11.1 Å². The third kappa shape index (κ3) is 3.33. The van der Waals surface area contributed by atoms with E-state index < -0.39 is 6.04 Å². The van der Waals surface area contributed by atoms with Crippen LogP contribution in [0.25, 0.3) is 11.3 Å². The fourth-order valence-electron chi connectivity index (χ4n) is 4.42. The highest BCUT2D eigenvalue weighted by Gasteiger charge is 2.43. The number of nitrogens with one attached hydrogen (secondary N) is 1. The zero-order chi connectivity index (χ0) is 23.8. The normalized spacial score (nSPS) is 14.9. The number of phenols is 1. The highest BCUT2D eigenvalue weighted by Crippen LogP contribution is 2.48. The number of fused-ring (bicyclic) bond motifs is 1. The number of aromatic nitrogens is 2. The van der Waals surface area contributed by atoms with Crippen molar-refractivity contribution in [2.24, 2.45) is 0 Å². The Balaban J connectivity index is 1.73. The molecule has 2 N–H and O–H groups in total. The molecular weight excluding hydrogens is 438 g/mol. The van der Waals surface area contributed by atoms with Crippen molar-refractivity contribution < 1.29 is 28.5 Å². The zero-order valence-electron chi connectivity index (χ0n) is 18.9. The lowest BCUT2D eigenvalue weighted by Gasteiger charge is -2.27. The molecule has 0 spiro atoms. The van der Waals surface area contributed by atoms with Crippen LogP contribution >= 0.6 is 0 Å². The van der Waals surface area contributed by atoms with Gasteiger partial charge >= 0.3 is 0 Å². The lowest BCUT2D eigenvalue weighted by atomic mass is 9.95. The highest BCUT2D eigenvalue weighted by atomic mass is 16.5. The smallest absolute Gasteiger partial charge is 0.273 e. The molecule has 0 fully saturated rings. The summed E-state index contributed by atoms with van der Waals surface area (Å²) in [6.45, 7) is 0.232. The van der Waals surface area contributed by atoms with Crippen molar-refractivity contribution >= 4 is 5.91 Å². The number of hydrogen-bond donors (Lipinski definition) is 2. The molecule has 1 atom stereocenters. The molecule has 0 saturated carbocycles. The second-order valence-electron chi connectivity index (χ2n) is 7.75. The van der Waals surface area contributed by atoms with Crippen LogP contribution in [-0.2, 0) is 6.54 Å². The lowest BCUT2D eigenvalue weighted by molar-refractivity contribution is 0.0716. The number of furan rings is 1. The Bertz CT molecular complexity index is 1320. The number of carbonyl (C=O) groups is 1. The second-order valence-corrected chi connectivity index (χ2v) is 7.75. The SMILES string of the molecule is COc1cc([C@H]2c3c(-c4ccccc4O)n[nH]c3C(=O)N2Cc2ccco2)cc(OC)c1OC. The number of aromatic amines is 1. The van der Waals surface area contributed by atoms with Crippen molar-refractivity contribution in [3.8, 4) is 34.3 Å². The molecule has 34 heavy (non-hydrogen) atoms. The fraction of sp³-hybridized carbons (Fsp3) is 0.200. The van der Waals surface area contributed by atoms with Gasteiger partial charge in [0.1, 0.15) is 22.9 Å². The highest BCUT2D eigenvalue weighted by molar-refractivity contribution is 6.00. The number of hydrogen-bond acceptors (Lipinski definition) is 7. The van der Waals surface area contributed by atoms with Gasteiger partial charge in [0.15, 0.2) is 11.5 Å². The number of carbonyl (C=O) groups excluding carboxylic acids is 1. The molecule has 3 heterocycles. The van der Waals surface area contributed by atoms with E-state index in [2.05, 4.69) is 10.2 Å². The minimum atomic E-state index is -0.560. The summed E-state index contributed by atoms with van der Waals surface area (Å²) in [5.74, 6) is 1.83. The van der Waals surface area contributed by atoms with Gasteiger partial charge in [0.25, 0.3) is 5.91 Å². The van der Waals surface area contributed by atoms with Gasteiger partial charge in [-0.3, -0.25) is 9.89 Å². The van der Waals surface area contributed by atoms with E-state index in [-0.39, 0.29) is 18.2 Å². The Morgan fingerprint density at radius 1 is 1.06 bits per heavy atom. The average molecular weight is 461 g/mol. The monoisotopic (exact) mass is 461 g/mol. The zero-order valence-corrected chi connectivity index (χ0v) is 18.9. The molecule has 2 aromatic heterocycles. The van der Waals surface area contributed by atoms with Crippen LogP contribution in [-0.4, -0.2) is 47.4 Å². The van der Waals surface area contributed by atoms with E-state index >= 15 is 0 Å². The molecule has 0 saturated heterocycles. The molecule has 0 radical (unpaired) electrons. The third-order valence-electron chi connectivity index (χ3n) is 5.93. The lowest BCUT2D eigenvalue weighted by Crippen LogP contribution is -2.29. The van der Waals surface area contributed by atoms with E-state index in [9.17, 15) is 9.90 Å². The average Bonchev–Trinajstić information content (AvgIpc) is 3.58. The van der Waals surface area contributed by atoms with Gasteiger partial charge in [0.05, 0.1) is 40.2 Å². The van der Waals surface area contributed by atoms with Gasteiger partial charge in [-0.15, -0.1) is 0 Å². The van der Waals surface area contributed by atoms with Gasteiger partial charge in [0.2, 0.25) is 5.75 Å². The minimum absolute atomic E-state index is 0.0670. The van der Waals surface area contributed by atoms with Crippen molar-refractivity contribution in [3.63, 3.8) is 0 Å². The molecule has 0 bridgehead atoms. The second kappa shape index (κ2) is 8.51. The van der Waals surface area contributed by atoms with E-state index in [0.29, 0.717) is 45.5 Å². The summed E-state index contributed by atoms with van der Waals surface area (Å²) >= 11 is 0. The summed E-state index contributed by atoms with van der Waals surface area (Å²) in [4.78, 5) is 15.2. The molecular formula is C25H23N3O6. The largest absolute Gasteiger partial charge is 0.507 e. The summed E-state index contributed by atoms with van der Waals surface area (Å²) in [7, 11) is 4.61. The molecule has 174 valence electrons. The van der Waals surface area contributed by atoms with E-state index in [1.165, 1.54) is 21.3 Å². The predicted octanol–water partition coefficient (Wildman–Crippen LogP) is 4.15. The molecule has 4 aromatic rings. The van der Waals surface area contributed by atoms with Crippen LogP contribution in [0, 0.1) is 0 Å². The molecule has 1 amide bonds. The fourth-order valence-corrected chi connectivity index (χ4v) is 4.42. The van der Waals surface area contributed by atoms with Gasteiger partial charge in [-0.05, 0) is 42.0 Å². The summed E-state index contributed by atoms with van der Waals surface area (Å²) in [6.07, 6.45) is 1.57. The first-order valence-electron chi connectivity index (χ1n) is 10.6. The Morgan fingerprint density at radius 2 is 1.79 bits per heavy atom. The Morgan fingerprint density at radius 3 is 2.41 bits per heavy atom. The number of para-hydroxylation sites is 1. The number of rotatable bonds is 7. The van der Waals surface area contributed by atoms with E-state index in [4.69, 9.17) is 18.6 Å². The molecule has 0 aliphatic carbocycles. The molecule has 5 rings (SSSR count). The van der Waals surface area contributed by atoms with Crippen LogP contribution in [0.1, 0.15) is 33.4 Å². The predicted molar refractivity (Wildman–Crippen MR) is 122 cm³/mol. The van der Waals surface area contributed by atoms with Crippen molar-refractivity contribution in [3.05, 3.63) is 77.4 Å². The summed E-state index contributed by atoms with van der Waals surface area (Å²) in [5.41, 5.74) is 2.73. The standard InChI is InChI=1S/C25H23N3O6/c1-31-18-11-14(12-19(32-2)24(18)33-3)23-20-21(16-8-4-5-9-17(16)29)26-27-22(20)25(30)28(23)13-15-7-6-10-34-15/h4-12,23,29H,13H2,1-3H3,(H,26,27)/t23-/m0/s1. The topological polar surface area (TPSA) is 110 Å². The molecule has 0 unspecified atom stereocenters. The summed E-state index contributed by atoms with van der Waals surface area (Å²) < 4.78 is 22.1. The third-order valence-corrected chi connectivity index (χ3v) is 5.93. The maximum atomic E-state index is 13.5.